The van der Waals surface area contributed by atoms with E-state index in [4.69, 9.17) is 11.6 Å². The van der Waals surface area contributed by atoms with Crippen LogP contribution in [0.5, 0.6) is 0 Å². The van der Waals surface area contributed by atoms with Gasteiger partial charge in [-0.05, 0) is 36.6 Å². The molecule has 0 N–H and O–H groups in total. The third-order valence-electron chi connectivity index (χ3n) is 2.45. The van der Waals surface area contributed by atoms with E-state index in [1.165, 1.54) is 5.56 Å². The Morgan fingerprint density at radius 3 is 2.86 bits per heavy atom. The van der Waals surface area contributed by atoms with Crippen molar-refractivity contribution < 1.29 is 0 Å². The van der Waals surface area contributed by atoms with Crippen molar-refractivity contribution in [2.75, 3.05) is 0 Å². The van der Waals surface area contributed by atoms with Crippen LogP contribution >= 0.6 is 11.6 Å². The van der Waals surface area contributed by atoms with Crippen molar-refractivity contribution in [2.45, 2.75) is 20.3 Å². The van der Waals surface area contributed by atoms with Gasteiger partial charge in [-0.3, -0.25) is 4.98 Å². The third kappa shape index (κ3) is 1.48. The summed E-state index contributed by atoms with van der Waals surface area (Å²) in [4.78, 5) is 4.33. The summed E-state index contributed by atoms with van der Waals surface area (Å²) in [5, 5.41) is 1.89. The lowest BCUT2D eigenvalue weighted by Crippen LogP contribution is -1.86. The van der Waals surface area contributed by atoms with E-state index in [1.807, 2.05) is 19.2 Å². The number of hydrogen-bond donors (Lipinski definition) is 0. The van der Waals surface area contributed by atoms with Crippen molar-refractivity contribution in [3.8, 4) is 0 Å². The first-order chi connectivity index (χ1) is 6.72. The highest BCUT2D eigenvalue weighted by atomic mass is 35.5. The van der Waals surface area contributed by atoms with E-state index >= 15 is 0 Å². The molecule has 2 rings (SSSR count). The van der Waals surface area contributed by atoms with Crippen LogP contribution in [0.25, 0.3) is 10.9 Å². The molecule has 0 unspecified atom stereocenters. The molecule has 0 bridgehead atoms. The fourth-order valence-electron chi connectivity index (χ4n) is 1.53. The molecule has 0 radical (unpaired) electrons. The van der Waals surface area contributed by atoms with Crippen LogP contribution in [0.3, 0.4) is 0 Å². The summed E-state index contributed by atoms with van der Waals surface area (Å²) in [5.41, 5.74) is 3.30. The molecule has 0 amide bonds. The van der Waals surface area contributed by atoms with Gasteiger partial charge in [0.1, 0.15) is 0 Å². The van der Waals surface area contributed by atoms with E-state index in [0.717, 1.165) is 27.9 Å². The number of fused-ring (bicyclic) bond motifs is 1. The molecule has 2 heteroatoms. The Balaban J connectivity index is 2.78. The summed E-state index contributed by atoms with van der Waals surface area (Å²) < 4.78 is 0. The molecule has 0 saturated carbocycles. The fourth-order valence-corrected chi connectivity index (χ4v) is 1.73. The molecule has 1 aromatic carbocycles. The Bertz CT molecular complexity index is 477. The summed E-state index contributed by atoms with van der Waals surface area (Å²) in [6, 6.07) is 6.25. The minimum atomic E-state index is 0.824. The van der Waals surface area contributed by atoms with Gasteiger partial charge >= 0.3 is 0 Å². The van der Waals surface area contributed by atoms with Gasteiger partial charge in [0.15, 0.2) is 0 Å². The molecule has 0 fully saturated rings. The van der Waals surface area contributed by atoms with E-state index in [0.29, 0.717) is 0 Å². The van der Waals surface area contributed by atoms with Gasteiger partial charge in [-0.25, -0.2) is 0 Å². The van der Waals surface area contributed by atoms with Crippen molar-refractivity contribution in [1.29, 1.82) is 0 Å². The standard InChI is InChI=1S/C12H12ClN/c1-3-9-4-5-11-10(6-9)12(13)8(2)7-14-11/h4-7H,3H2,1-2H3. The molecule has 0 aliphatic rings. The number of aromatic nitrogens is 1. The average molecular weight is 206 g/mol. The number of aryl methyl sites for hydroxylation is 2. The predicted molar refractivity (Wildman–Crippen MR) is 60.9 cm³/mol. The Hall–Kier alpha value is -1.08. The van der Waals surface area contributed by atoms with Crippen LogP contribution in [0.1, 0.15) is 18.1 Å². The number of hydrogen-bond acceptors (Lipinski definition) is 1. The highest BCUT2D eigenvalue weighted by molar-refractivity contribution is 6.36. The second-order valence-corrected chi connectivity index (χ2v) is 3.84. The largest absolute Gasteiger partial charge is 0.256 e. The van der Waals surface area contributed by atoms with E-state index in [1.54, 1.807) is 0 Å². The smallest absolute Gasteiger partial charge is 0.0717 e. The maximum absolute atomic E-state index is 6.21. The number of rotatable bonds is 1. The van der Waals surface area contributed by atoms with Crippen LogP contribution in [0.4, 0.5) is 0 Å². The molecule has 0 aliphatic carbocycles. The Morgan fingerprint density at radius 2 is 2.14 bits per heavy atom. The minimum Gasteiger partial charge on any atom is -0.256 e. The van der Waals surface area contributed by atoms with Crippen LogP contribution < -0.4 is 0 Å². The molecule has 1 nitrogen and oxygen atoms in total. The first-order valence-corrected chi connectivity index (χ1v) is 5.14. The maximum Gasteiger partial charge on any atom is 0.0717 e. The molecule has 0 atom stereocenters. The maximum atomic E-state index is 6.21. The minimum absolute atomic E-state index is 0.824. The topological polar surface area (TPSA) is 12.9 Å². The highest BCUT2D eigenvalue weighted by Crippen LogP contribution is 2.25. The van der Waals surface area contributed by atoms with E-state index in [2.05, 4.69) is 24.0 Å². The van der Waals surface area contributed by atoms with Gasteiger partial charge in [-0.1, -0.05) is 24.6 Å². The van der Waals surface area contributed by atoms with Crippen LogP contribution in [-0.2, 0) is 6.42 Å². The van der Waals surface area contributed by atoms with Crippen LogP contribution in [0, 0.1) is 6.92 Å². The monoisotopic (exact) mass is 205 g/mol. The lowest BCUT2D eigenvalue weighted by molar-refractivity contribution is 1.14. The van der Waals surface area contributed by atoms with Gasteiger partial charge in [0.05, 0.1) is 10.5 Å². The van der Waals surface area contributed by atoms with Crippen LogP contribution in [0.2, 0.25) is 5.02 Å². The lowest BCUT2D eigenvalue weighted by Gasteiger charge is -2.04. The van der Waals surface area contributed by atoms with E-state index in [9.17, 15) is 0 Å². The lowest BCUT2D eigenvalue weighted by atomic mass is 10.1. The van der Waals surface area contributed by atoms with Crippen molar-refractivity contribution >= 4 is 22.5 Å². The number of benzene rings is 1. The predicted octanol–water partition coefficient (Wildman–Crippen LogP) is 3.76. The molecular formula is C12H12ClN. The summed E-state index contributed by atoms with van der Waals surface area (Å²) >= 11 is 6.21. The Kier molecular flexibility index (Phi) is 2.42. The van der Waals surface area contributed by atoms with E-state index in [-0.39, 0.29) is 0 Å². The van der Waals surface area contributed by atoms with Gasteiger partial charge in [0, 0.05) is 11.6 Å². The zero-order valence-corrected chi connectivity index (χ0v) is 9.10. The number of halogens is 1. The second-order valence-electron chi connectivity index (χ2n) is 3.46. The molecule has 0 saturated heterocycles. The van der Waals surface area contributed by atoms with Gasteiger partial charge in [-0.2, -0.15) is 0 Å². The van der Waals surface area contributed by atoms with Crippen LogP contribution in [-0.4, -0.2) is 4.98 Å². The molecule has 14 heavy (non-hydrogen) atoms. The normalized spacial score (nSPS) is 10.8. The number of nitrogens with zero attached hydrogens (tertiary/aromatic N) is 1. The summed E-state index contributed by atoms with van der Waals surface area (Å²) in [5.74, 6) is 0. The van der Waals surface area contributed by atoms with Crippen LogP contribution in [0.15, 0.2) is 24.4 Å². The molecular weight excluding hydrogens is 194 g/mol. The van der Waals surface area contributed by atoms with Crippen molar-refractivity contribution in [3.05, 3.63) is 40.5 Å². The van der Waals surface area contributed by atoms with E-state index < -0.39 is 0 Å². The van der Waals surface area contributed by atoms with Gasteiger partial charge in [0.25, 0.3) is 0 Å². The Labute approximate surface area is 88.7 Å². The van der Waals surface area contributed by atoms with Gasteiger partial charge in [0.2, 0.25) is 0 Å². The van der Waals surface area contributed by atoms with Gasteiger partial charge in [-0.15, -0.1) is 0 Å². The summed E-state index contributed by atoms with van der Waals surface area (Å²) in [7, 11) is 0. The first-order valence-electron chi connectivity index (χ1n) is 4.76. The highest BCUT2D eigenvalue weighted by Gasteiger charge is 2.03. The quantitative estimate of drug-likeness (QED) is 0.691. The summed E-state index contributed by atoms with van der Waals surface area (Å²) in [6.45, 7) is 4.12. The molecule has 0 spiro atoms. The zero-order chi connectivity index (χ0) is 10.1. The number of pyridine rings is 1. The van der Waals surface area contributed by atoms with Crippen molar-refractivity contribution in [3.63, 3.8) is 0 Å². The fraction of sp³-hybridized carbons (Fsp3) is 0.250. The van der Waals surface area contributed by atoms with Gasteiger partial charge < -0.3 is 0 Å². The van der Waals surface area contributed by atoms with Crippen molar-refractivity contribution in [1.82, 2.24) is 4.98 Å². The molecule has 72 valence electrons. The Morgan fingerprint density at radius 1 is 1.36 bits per heavy atom. The third-order valence-corrected chi connectivity index (χ3v) is 2.95. The molecule has 0 aliphatic heterocycles. The SMILES string of the molecule is CCc1ccc2ncc(C)c(Cl)c2c1. The summed E-state index contributed by atoms with van der Waals surface area (Å²) in [6.07, 6.45) is 2.84. The molecule has 1 heterocycles. The average Bonchev–Trinajstić information content (AvgIpc) is 2.23. The molecule has 2 aromatic rings. The second kappa shape index (κ2) is 3.58. The van der Waals surface area contributed by atoms with Crippen molar-refractivity contribution in [2.24, 2.45) is 0 Å². The molecule has 1 aromatic heterocycles. The zero-order valence-electron chi connectivity index (χ0n) is 8.34. The first kappa shape index (κ1) is 9.47.